The van der Waals surface area contributed by atoms with Crippen LogP contribution < -0.4 is 4.90 Å². The fourth-order valence-corrected chi connectivity index (χ4v) is 2.48. The lowest BCUT2D eigenvalue weighted by Crippen LogP contribution is -2.44. The molecule has 172 valence electrons. The Bertz CT molecular complexity index is 999. The Morgan fingerprint density at radius 2 is 1.50 bits per heavy atom. The van der Waals surface area contributed by atoms with Crippen LogP contribution in [0.4, 0.5) is 19.7 Å². The number of pyridine rings is 2. The molecule has 2 aromatic heterocycles. The summed E-state index contributed by atoms with van der Waals surface area (Å²) in [6.45, 7) is 9.74. The zero-order valence-corrected chi connectivity index (χ0v) is 19.1. The van der Waals surface area contributed by atoms with Gasteiger partial charge in [-0.3, -0.25) is 4.98 Å². The number of nitrogens with zero attached hydrogens (tertiary/aromatic N) is 3. The van der Waals surface area contributed by atoms with Gasteiger partial charge in [0.2, 0.25) is 0 Å². The average molecular weight is 447 g/mol. The van der Waals surface area contributed by atoms with Crippen molar-refractivity contribution in [3.05, 3.63) is 42.1 Å². The third-order valence-electron chi connectivity index (χ3n) is 3.65. The Morgan fingerprint density at radius 3 is 1.97 bits per heavy atom. The summed E-state index contributed by atoms with van der Waals surface area (Å²) in [6, 6.07) is 3.88. The van der Waals surface area contributed by atoms with Crippen LogP contribution in [0.25, 0.3) is 11.3 Å². The molecular formula is C22H26FN3O6. The van der Waals surface area contributed by atoms with Gasteiger partial charge in [-0.25, -0.2) is 23.8 Å². The second kappa shape index (κ2) is 9.29. The first-order valence-corrected chi connectivity index (χ1v) is 9.68. The van der Waals surface area contributed by atoms with E-state index in [2.05, 4.69) is 9.97 Å². The smallest absolute Gasteiger partial charge is 0.424 e. The third-order valence-corrected chi connectivity index (χ3v) is 3.65. The molecule has 0 aliphatic rings. The Morgan fingerprint density at radius 1 is 0.938 bits per heavy atom. The quantitative estimate of drug-likeness (QED) is 0.490. The van der Waals surface area contributed by atoms with Crippen molar-refractivity contribution in [2.75, 3.05) is 12.0 Å². The molecule has 0 aromatic carbocycles. The van der Waals surface area contributed by atoms with E-state index < -0.39 is 35.2 Å². The molecule has 2 aromatic rings. The summed E-state index contributed by atoms with van der Waals surface area (Å²) < 4.78 is 29.1. The summed E-state index contributed by atoms with van der Waals surface area (Å²) >= 11 is 0. The SMILES string of the molecule is COC(=O)c1nc(-c2cncc(F)c2)ccc1N(C(=O)OC(C)(C)C)C(=O)OC(C)(C)C. The van der Waals surface area contributed by atoms with Crippen molar-refractivity contribution < 1.29 is 33.0 Å². The molecule has 9 nitrogen and oxygen atoms in total. The number of carbonyl (C=O) groups is 3. The molecule has 2 heterocycles. The standard InChI is InChI=1S/C22H26FN3O6/c1-21(2,3)31-19(28)26(20(29)32-22(4,5)6)16-9-8-15(25-17(16)18(27)30-7)13-10-14(23)12-24-11-13/h8-12H,1-7H3. The predicted octanol–water partition coefficient (Wildman–Crippen LogP) is 4.75. The van der Waals surface area contributed by atoms with Crippen LogP contribution >= 0.6 is 0 Å². The van der Waals surface area contributed by atoms with E-state index in [1.54, 1.807) is 41.5 Å². The van der Waals surface area contributed by atoms with Crippen molar-refractivity contribution in [1.82, 2.24) is 9.97 Å². The molecule has 0 saturated heterocycles. The predicted molar refractivity (Wildman–Crippen MR) is 114 cm³/mol. The largest absolute Gasteiger partial charge is 0.464 e. The van der Waals surface area contributed by atoms with E-state index >= 15 is 0 Å². The summed E-state index contributed by atoms with van der Waals surface area (Å²) in [7, 11) is 1.12. The van der Waals surface area contributed by atoms with Gasteiger partial charge in [0.05, 0.1) is 24.7 Å². The van der Waals surface area contributed by atoms with Gasteiger partial charge in [0.1, 0.15) is 17.0 Å². The molecule has 10 heteroatoms. The Kier molecular flexibility index (Phi) is 7.17. The molecule has 0 fully saturated rings. The number of hydrogen-bond donors (Lipinski definition) is 0. The minimum Gasteiger partial charge on any atom is -0.464 e. The Balaban J connectivity index is 2.66. The normalized spacial score (nSPS) is 11.5. The fourth-order valence-electron chi connectivity index (χ4n) is 2.48. The first-order valence-electron chi connectivity index (χ1n) is 9.68. The van der Waals surface area contributed by atoms with Crippen LogP contribution in [0.3, 0.4) is 0 Å². The number of amides is 2. The van der Waals surface area contributed by atoms with Crippen molar-refractivity contribution in [2.24, 2.45) is 0 Å². The summed E-state index contributed by atoms with van der Waals surface area (Å²) in [5.41, 5.74) is -2.01. The number of aromatic nitrogens is 2. The number of carbonyl (C=O) groups excluding carboxylic acids is 3. The van der Waals surface area contributed by atoms with Crippen LogP contribution in [0.15, 0.2) is 30.6 Å². The van der Waals surface area contributed by atoms with Gasteiger partial charge in [0.15, 0.2) is 5.69 Å². The number of esters is 1. The van der Waals surface area contributed by atoms with E-state index in [-0.39, 0.29) is 22.6 Å². The molecule has 0 aliphatic heterocycles. The first-order chi connectivity index (χ1) is 14.7. The number of rotatable bonds is 3. The number of hydrogen-bond acceptors (Lipinski definition) is 8. The van der Waals surface area contributed by atoms with E-state index in [4.69, 9.17) is 14.2 Å². The topological polar surface area (TPSA) is 108 Å². The molecule has 0 saturated carbocycles. The van der Waals surface area contributed by atoms with Gasteiger partial charge in [-0.1, -0.05) is 0 Å². The van der Waals surface area contributed by atoms with Gasteiger partial charge >= 0.3 is 18.2 Å². The summed E-state index contributed by atoms with van der Waals surface area (Å²) in [6.07, 6.45) is 0.232. The second-order valence-electron chi connectivity index (χ2n) is 8.74. The average Bonchev–Trinajstić information content (AvgIpc) is 2.65. The molecule has 0 radical (unpaired) electrons. The summed E-state index contributed by atoms with van der Waals surface area (Å²) in [5.74, 6) is -1.53. The maximum atomic E-state index is 13.6. The van der Waals surface area contributed by atoms with Crippen LogP contribution in [-0.2, 0) is 14.2 Å². The lowest BCUT2D eigenvalue weighted by atomic mass is 10.1. The van der Waals surface area contributed by atoms with E-state index in [1.807, 2.05) is 0 Å². The fraction of sp³-hybridized carbons (Fsp3) is 0.409. The number of imide groups is 1. The van der Waals surface area contributed by atoms with E-state index in [0.29, 0.717) is 4.90 Å². The van der Waals surface area contributed by atoms with Crippen molar-refractivity contribution in [3.8, 4) is 11.3 Å². The maximum absolute atomic E-state index is 13.6. The van der Waals surface area contributed by atoms with Gasteiger partial charge in [-0.15, -0.1) is 0 Å². The zero-order valence-electron chi connectivity index (χ0n) is 19.1. The highest BCUT2D eigenvalue weighted by molar-refractivity contribution is 6.13. The van der Waals surface area contributed by atoms with Crippen molar-refractivity contribution >= 4 is 23.8 Å². The molecule has 0 atom stereocenters. The van der Waals surface area contributed by atoms with Crippen LogP contribution in [0.5, 0.6) is 0 Å². The van der Waals surface area contributed by atoms with E-state index in [0.717, 1.165) is 13.3 Å². The summed E-state index contributed by atoms with van der Waals surface area (Å²) in [4.78, 5) is 46.9. The van der Waals surface area contributed by atoms with E-state index in [1.165, 1.54) is 24.4 Å². The molecule has 0 spiro atoms. The Labute approximate surface area is 185 Å². The van der Waals surface area contributed by atoms with Gasteiger partial charge in [-0.05, 0) is 59.7 Å². The molecular weight excluding hydrogens is 421 g/mol. The third kappa shape index (κ3) is 6.47. The first kappa shape index (κ1) is 24.7. The van der Waals surface area contributed by atoms with Crippen LogP contribution in [-0.4, -0.2) is 46.4 Å². The molecule has 0 N–H and O–H groups in total. The number of ether oxygens (including phenoxy) is 3. The second-order valence-corrected chi connectivity index (χ2v) is 8.74. The molecule has 2 rings (SSSR count). The van der Waals surface area contributed by atoms with Crippen molar-refractivity contribution in [1.29, 1.82) is 0 Å². The molecule has 32 heavy (non-hydrogen) atoms. The highest BCUT2D eigenvalue weighted by Gasteiger charge is 2.36. The van der Waals surface area contributed by atoms with Crippen molar-refractivity contribution in [2.45, 2.75) is 52.7 Å². The number of halogens is 1. The lowest BCUT2D eigenvalue weighted by Gasteiger charge is -2.29. The van der Waals surface area contributed by atoms with Crippen LogP contribution in [0, 0.1) is 5.82 Å². The minimum atomic E-state index is -1.07. The van der Waals surface area contributed by atoms with E-state index in [9.17, 15) is 18.8 Å². The highest BCUT2D eigenvalue weighted by atomic mass is 19.1. The van der Waals surface area contributed by atoms with Gasteiger partial charge in [0, 0.05) is 11.8 Å². The zero-order chi connectivity index (χ0) is 24.3. The van der Waals surface area contributed by atoms with Crippen molar-refractivity contribution in [3.63, 3.8) is 0 Å². The molecule has 0 bridgehead atoms. The summed E-state index contributed by atoms with van der Waals surface area (Å²) in [5, 5.41) is 0. The molecule has 0 aliphatic carbocycles. The Hall–Kier alpha value is -3.56. The number of anilines is 1. The van der Waals surface area contributed by atoms with Gasteiger partial charge < -0.3 is 14.2 Å². The van der Waals surface area contributed by atoms with Crippen LogP contribution in [0.1, 0.15) is 52.0 Å². The molecule has 0 unspecified atom stereocenters. The monoisotopic (exact) mass is 447 g/mol. The highest BCUT2D eigenvalue weighted by Crippen LogP contribution is 2.28. The van der Waals surface area contributed by atoms with Crippen LogP contribution in [0.2, 0.25) is 0 Å². The lowest BCUT2D eigenvalue weighted by molar-refractivity contribution is 0.0430. The number of methoxy groups -OCH3 is 1. The van der Waals surface area contributed by atoms with Gasteiger partial charge in [-0.2, -0.15) is 4.90 Å². The maximum Gasteiger partial charge on any atom is 0.424 e. The molecule has 2 amide bonds. The van der Waals surface area contributed by atoms with Gasteiger partial charge in [0.25, 0.3) is 0 Å². The minimum absolute atomic E-state index is 0.175.